The van der Waals surface area contributed by atoms with Crippen molar-refractivity contribution in [2.45, 2.75) is 62.3 Å². The van der Waals surface area contributed by atoms with Crippen LogP contribution in [0.25, 0.3) is 55.0 Å². The number of anilines is 4. The van der Waals surface area contributed by atoms with Crippen molar-refractivity contribution in [1.82, 2.24) is 0 Å². The molecule has 1 spiro atoms. The predicted molar refractivity (Wildman–Crippen MR) is 278 cm³/mol. The van der Waals surface area contributed by atoms with Gasteiger partial charge in [-0.1, -0.05) is 176 Å². The van der Waals surface area contributed by atoms with Crippen LogP contribution >= 0.6 is 0 Å². The zero-order valence-electron chi connectivity index (χ0n) is 37.6. The summed E-state index contributed by atoms with van der Waals surface area (Å²) < 4.78 is 7.41. The molecular formula is C62H50N2OSi. The molecule has 2 unspecified atom stereocenters. The molecule has 4 aliphatic rings. The normalized spacial score (nSPS) is 18.6. The molecule has 1 aliphatic heterocycles. The minimum absolute atomic E-state index is 0.228. The Balaban J connectivity index is 1.07. The van der Waals surface area contributed by atoms with Crippen LogP contribution in [0.4, 0.5) is 22.7 Å². The molecule has 10 aromatic rings. The number of nitrogens with zero attached hydrogens (tertiary/aromatic N) is 2. The van der Waals surface area contributed by atoms with Gasteiger partial charge in [0, 0.05) is 46.0 Å². The van der Waals surface area contributed by atoms with Gasteiger partial charge in [0.25, 0.3) is 0 Å². The second-order valence-electron chi connectivity index (χ2n) is 20.2. The molecular weight excluding hydrogens is 817 g/mol. The van der Waals surface area contributed by atoms with E-state index in [1.807, 2.05) is 0 Å². The SMILES string of the molecule is C[Si](C)(C)c1ccc(N(c2cc3c(c4oc5ccccc5c24)-c2c(ccc4ccccc24)C32c3ccccc3-c3ccccc32)C2CCC3[C@H](C2)c2ccccc2N3c2ccccc2)cc1. The van der Waals surface area contributed by atoms with Crippen LogP contribution in [0.3, 0.4) is 0 Å². The maximum Gasteiger partial charge on any atom is 0.145 e. The van der Waals surface area contributed by atoms with Crippen LogP contribution in [-0.4, -0.2) is 20.2 Å². The Morgan fingerprint density at radius 3 is 2.02 bits per heavy atom. The highest BCUT2D eigenvalue weighted by Gasteiger charge is 2.54. The van der Waals surface area contributed by atoms with Crippen molar-refractivity contribution in [3.8, 4) is 22.3 Å². The highest BCUT2D eigenvalue weighted by molar-refractivity contribution is 6.88. The van der Waals surface area contributed by atoms with Crippen molar-refractivity contribution < 1.29 is 4.42 Å². The monoisotopic (exact) mass is 866 g/mol. The lowest BCUT2D eigenvalue weighted by Crippen LogP contribution is -2.43. The van der Waals surface area contributed by atoms with Crippen LogP contribution < -0.4 is 15.0 Å². The molecule has 0 radical (unpaired) electrons. The number of para-hydroxylation sites is 3. The first-order valence-corrected chi connectivity index (χ1v) is 27.4. The van der Waals surface area contributed by atoms with Crippen molar-refractivity contribution >= 4 is 68.7 Å². The number of furan rings is 1. The van der Waals surface area contributed by atoms with Crippen LogP contribution in [0.5, 0.6) is 0 Å². The summed E-state index contributed by atoms with van der Waals surface area (Å²) in [5.74, 6) is 0.380. The molecule has 3 nitrogen and oxygen atoms in total. The summed E-state index contributed by atoms with van der Waals surface area (Å²) in [4.78, 5) is 5.44. The second-order valence-corrected chi connectivity index (χ2v) is 25.3. The first kappa shape index (κ1) is 38.2. The molecule has 3 atom stereocenters. The maximum atomic E-state index is 7.41. The van der Waals surface area contributed by atoms with Crippen LogP contribution in [0, 0.1) is 0 Å². The third-order valence-corrected chi connectivity index (χ3v) is 18.0. The van der Waals surface area contributed by atoms with Gasteiger partial charge in [-0.3, -0.25) is 0 Å². The van der Waals surface area contributed by atoms with E-state index in [9.17, 15) is 0 Å². The lowest BCUT2D eigenvalue weighted by Gasteiger charge is -2.43. The van der Waals surface area contributed by atoms with Crippen molar-refractivity contribution in [3.63, 3.8) is 0 Å². The van der Waals surface area contributed by atoms with Gasteiger partial charge in [0.2, 0.25) is 0 Å². The molecule has 3 aliphatic carbocycles. The van der Waals surface area contributed by atoms with Gasteiger partial charge in [0.15, 0.2) is 0 Å². The van der Waals surface area contributed by atoms with E-state index in [0.29, 0.717) is 12.0 Å². The molecule has 1 saturated carbocycles. The molecule has 318 valence electrons. The first-order chi connectivity index (χ1) is 32.4. The lowest BCUT2D eigenvalue weighted by atomic mass is 9.70. The lowest BCUT2D eigenvalue weighted by molar-refractivity contribution is 0.358. The molecule has 66 heavy (non-hydrogen) atoms. The van der Waals surface area contributed by atoms with Gasteiger partial charge in [0.1, 0.15) is 11.2 Å². The fourth-order valence-corrected chi connectivity index (χ4v) is 14.4. The summed E-state index contributed by atoms with van der Waals surface area (Å²) in [6.07, 6.45) is 3.19. The van der Waals surface area contributed by atoms with E-state index >= 15 is 0 Å². The second kappa shape index (κ2) is 13.9. The Morgan fingerprint density at radius 1 is 0.576 bits per heavy atom. The largest absolute Gasteiger partial charge is 0.455 e. The van der Waals surface area contributed by atoms with Gasteiger partial charge in [0.05, 0.1) is 24.6 Å². The first-order valence-electron chi connectivity index (χ1n) is 23.9. The van der Waals surface area contributed by atoms with Crippen LogP contribution in [0.1, 0.15) is 53.0 Å². The Hall–Kier alpha value is -7.14. The van der Waals surface area contributed by atoms with E-state index < -0.39 is 13.5 Å². The molecule has 0 N–H and O–H groups in total. The highest BCUT2D eigenvalue weighted by atomic mass is 28.3. The number of hydrogen-bond donors (Lipinski definition) is 0. The van der Waals surface area contributed by atoms with Crippen molar-refractivity contribution in [3.05, 3.63) is 222 Å². The predicted octanol–water partition coefficient (Wildman–Crippen LogP) is 15.6. The van der Waals surface area contributed by atoms with Gasteiger partial charge >= 0.3 is 0 Å². The van der Waals surface area contributed by atoms with E-state index in [2.05, 4.69) is 224 Å². The zero-order valence-corrected chi connectivity index (χ0v) is 38.6. The minimum Gasteiger partial charge on any atom is -0.455 e. The highest BCUT2D eigenvalue weighted by Crippen LogP contribution is 2.66. The van der Waals surface area contributed by atoms with Crippen molar-refractivity contribution in [2.24, 2.45) is 0 Å². The fraction of sp³-hybridized carbons (Fsp3) is 0.161. The standard InChI is InChI=1S/C62H50N2OSi/c1-66(2,3)43-33-30-41(31-34-43)63(42-32-36-55-49(37-42)47-23-11-15-27-54(47)64(55)40-18-5-4-6-19-40)56-38-53-60(61-59(56)48-24-12-16-28-57(48)65-61)58-44-20-8-7-17-39(44)29-35-52(58)62(53)50-25-13-9-21-45(50)46-22-10-14-26-51(46)62/h4-31,33-35,38,42,49,55H,32,36-37H2,1-3H3/t42?,49-,55?/m1/s1. The van der Waals surface area contributed by atoms with Crippen LogP contribution in [0.15, 0.2) is 199 Å². The topological polar surface area (TPSA) is 19.6 Å². The number of rotatable bonds is 5. The van der Waals surface area contributed by atoms with Gasteiger partial charge < -0.3 is 14.2 Å². The minimum atomic E-state index is -1.58. The summed E-state index contributed by atoms with van der Waals surface area (Å²) in [5, 5.41) is 6.36. The van der Waals surface area contributed by atoms with Gasteiger partial charge in [-0.05, 0) is 117 Å². The summed E-state index contributed by atoms with van der Waals surface area (Å²) >= 11 is 0. The summed E-state index contributed by atoms with van der Waals surface area (Å²) in [7, 11) is -1.58. The van der Waals surface area contributed by atoms with E-state index in [1.54, 1.807) is 0 Å². The van der Waals surface area contributed by atoms with Gasteiger partial charge in [-0.2, -0.15) is 0 Å². The smallest absolute Gasteiger partial charge is 0.145 e. The molecule has 1 fully saturated rings. The summed E-state index contributed by atoms with van der Waals surface area (Å²) in [6.45, 7) is 7.37. The summed E-state index contributed by atoms with van der Waals surface area (Å²) in [5.41, 5.74) is 18.5. The van der Waals surface area contributed by atoms with Gasteiger partial charge in [-0.25, -0.2) is 0 Å². The number of benzene rings is 9. The molecule has 0 saturated heterocycles. The van der Waals surface area contributed by atoms with Crippen molar-refractivity contribution in [1.29, 1.82) is 0 Å². The molecule has 9 aromatic carbocycles. The molecule has 14 rings (SSSR count). The quantitative estimate of drug-likeness (QED) is 0.161. The molecule has 2 heterocycles. The average Bonchev–Trinajstić information content (AvgIpc) is 4.08. The maximum absolute atomic E-state index is 7.41. The molecule has 0 amide bonds. The summed E-state index contributed by atoms with van der Waals surface area (Å²) in [6, 6.07) is 74.3. The Kier molecular flexibility index (Phi) is 8.06. The number of fused-ring (bicyclic) bond motifs is 19. The van der Waals surface area contributed by atoms with E-state index in [1.165, 1.54) is 99.6 Å². The average molecular weight is 867 g/mol. The van der Waals surface area contributed by atoms with Crippen LogP contribution in [-0.2, 0) is 5.41 Å². The van der Waals surface area contributed by atoms with E-state index in [-0.39, 0.29) is 6.04 Å². The Morgan fingerprint density at radius 2 is 1.24 bits per heavy atom. The van der Waals surface area contributed by atoms with E-state index in [0.717, 1.165) is 30.4 Å². The zero-order chi connectivity index (χ0) is 43.9. The molecule has 0 bridgehead atoms. The Bertz CT molecular complexity index is 3550. The Labute approximate surface area is 387 Å². The molecule has 1 aromatic heterocycles. The third-order valence-electron chi connectivity index (χ3n) is 16.0. The molecule has 4 heteroatoms. The third kappa shape index (κ3) is 5.14. The number of hydrogen-bond acceptors (Lipinski definition) is 3. The van der Waals surface area contributed by atoms with Crippen molar-refractivity contribution in [2.75, 3.05) is 9.80 Å². The van der Waals surface area contributed by atoms with Gasteiger partial charge in [-0.15, -0.1) is 0 Å². The fourth-order valence-electron chi connectivity index (χ4n) is 13.2. The van der Waals surface area contributed by atoms with E-state index in [4.69, 9.17) is 4.42 Å². The van der Waals surface area contributed by atoms with Crippen LogP contribution in [0.2, 0.25) is 19.6 Å².